The Morgan fingerprint density at radius 3 is 2.29 bits per heavy atom. The first-order valence-corrected chi connectivity index (χ1v) is 12.7. The highest BCUT2D eigenvalue weighted by Gasteiger charge is 2.36. The second-order valence-electron chi connectivity index (χ2n) is 7.38. The van der Waals surface area contributed by atoms with Crippen LogP contribution in [0.5, 0.6) is 0 Å². The number of carbonyl (C=O) groups is 1. The summed E-state index contributed by atoms with van der Waals surface area (Å²) in [5.74, 6) is -1.01. The molecule has 1 aliphatic heterocycles. The SMILES string of the molecule is Cc1noc(C)c1S(=O)(=O)N1CCCN(C(=O)C(C)S(=O)(=O)c2ccc(F)cc2)CC1. The van der Waals surface area contributed by atoms with E-state index >= 15 is 0 Å². The molecular weight excluding hydrogens is 449 g/mol. The van der Waals surface area contributed by atoms with Gasteiger partial charge in [0, 0.05) is 26.2 Å². The lowest BCUT2D eigenvalue weighted by molar-refractivity contribution is -0.130. The van der Waals surface area contributed by atoms with Crippen molar-refractivity contribution in [2.45, 2.75) is 42.2 Å². The number of carbonyl (C=O) groups excluding carboxylic acids is 1. The monoisotopic (exact) mass is 473 g/mol. The van der Waals surface area contributed by atoms with Crippen LogP contribution in [-0.2, 0) is 24.7 Å². The van der Waals surface area contributed by atoms with E-state index in [1.54, 1.807) is 6.92 Å². The number of aryl methyl sites for hydroxylation is 2. The summed E-state index contributed by atoms with van der Waals surface area (Å²) in [5.41, 5.74) is 0.258. The number of amides is 1. The molecule has 1 aliphatic rings. The van der Waals surface area contributed by atoms with E-state index in [9.17, 15) is 26.0 Å². The van der Waals surface area contributed by atoms with Gasteiger partial charge in [-0.15, -0.1) is 0 Å². The number of hydrogen-bond donors (Lipinski definition) is 0. The number of hydrogen-bond acceptors (Lipinski definition) is 7. The van der Waals surface area contributed by atoms with Crippen LogP contribution in [0.4, 0.5) is 4.39 Å². The molecule has 2 aromatic rings. The maximum Gasteiger partial charge on any atom is 0.248 e. The molecule has 1 unspecified atom stereocenters. The van der Waals surface area contributed by atoms with E-state index < -0.39 is 36.8 Å². The Kier molecular flexibility index (Phi) is 6.53. The number of sulfonamides is 1. The number of benzene rings is 1. The van der Waals surface area contributed by atoms with Crippen molar-refractivity contribution in [3.05, 3.63) is 41.5 Å². The van der Waals surface area contributed by atoms with Gasteiger partial charge < -0.3 is 9.42 Å². The predicted molar refractivity (Wildman–Crippen MR) is 109 cm³/mol. The zero-order valence-corrected chi connectivity index (χ0v) is 19.0. The third-order valence-corrected chi connectivity index (χ3v) is 9.49. The second-order valence-corrected chi connectivity index (χ2v) is 11.5. The van der Waals surface area contributed by atoms with Crippen LogP contribution in [0.2, 0.25) is 0 Å². The second kappa shape index (κ2) is 8.67. The molecule has 31 heavy (non-hydrogen) atoms. The largest absolute Gasteiger partial charge is 0.360 e. The van der Waals surface area contributed by atoms with E-state index in [0.29, 0.717) is 6.42 Å². The molecule has 2 heterocycles. The Labute approximate surface area is 180 Å². The first kappa shape index (κ1) is 23.4. The standard InChI is InChI=1S/C19H24FN3O6S2/c1-13-18(14(2)29-21-13)31(27,28)23-10-4-9-22(11-12-23)19(24)15(3)30(25,26)17-7-5-16(20)6-8-17/h5-8,15H,4,9-12H2,1-3H3. The Morgan fingerprint density at radius 2 is 1.71 bits per heavy atom. The van der Waals surface area contributed by atoms with Crippen molar-refractivity contribution in [1.29, 1.82) is 0 Å². The molecule has 1 atom stereocenters. The molecule has 1 fully saturated rings. The van der Waals surface area contributed by atoms with Gasteiger partial charge in [-0.05, 0) is 51.5 Å². The lowest BCUT2D eigenvalue weighted by atomic mass is 10.3. The molecule has 0 aliphatic carbocycles. The summed E-state index contributed by atoms with van der Waals surface area (Å²) in [7, 11) is -7.88. The predicted octanol–water partition coefficient (Wildman–Crippen LogP) is 1.52. The van der Waals surface area contributed by atoms with Gasteiger partial charge in [0.1, 0.15) is 21.7 Å². The van der Waals surface area contributed by atoms with Crippen LogP contribution in [0.3, 0.4) is 0 Å². The maximum absolute atomic E-state index is 13.1. The lowest BCUT2D eigenvalue weighted by Crippen LogP contribution is -2.43. The van der Waals surface area contributed by atoms with E-state index in [1.807, 2.05) is 0 Å². The molecular formula is C19H24FN3O6S2. The number of nitrogens with zero attached hydrogens (tertiary/aromatic N) is 3. The summed E-state index contributed by atoms with van der Waals surface area (Å²) in [5, 5.41) is 2.31. The number of aromatic nitrogens is 1. The van der Waals surface area contributed by atoms with Gasteiger partial charge in [-0.2, -0.15) is 4.31 Å². The van der Waals surface area contributed by atoms with Crippen molar-refractivity contribution in [2.24, 2.45) is 0 Å². The lowest BCUT2D eigenvalue weighted by Gasteiger charge is -2.24. The third-order valence-electron chi connectivity index (χ3n) is 5.29. The highest BCUT2D eigenvalue weighted by Crippen LogP contribution is 2.25. The van der Waals surface area contributed by atoms with Gasteiger partial charge in [-0.1, -0.05) is 5.16 Å². The van der Waals surface area contributed by atoms with Crippen LogP contribution in [0.25, 0.3) is 0 Å². The molecule has 1 aromatic carbocycles. The van der Waals surface area contributed by atoms with Crippen molar-refractivity contribution in [3.8, 4) is 0 Å². The molecule has 170 valence electrons. The Bertz CT molecular complexity index is 1160. The molecule has 1 saturated heterocycles. The maximum atomic E-state index is 13.1. The normalized spacial score (nSPS) is 17.4. The molecule has 0 saturated carbocycles. The van der Waals surface area contributed by atoms with E-state index in [1.165, 1.54) is 23.1 Å². The summed E-state index contributed by atoms with van der Waals surface area (Å²) in [6, 6.07) is 4.28. The zero-order valence-electron chi connectivity index (χ0n) is 17.4. The molecule has 1 amide bonds. The van der Waals surface area contributed by atoms with Gasteiger partial charge in [-0.3, -0.25) is 4.79 Å². The molecule has 0 spiro atoms. The smallest absolute Gasteiger partial charge is 0.248 e. The van der Waals surface area contributed by atoms with Crippen molar-refractivity contribution < 1.29 is 30.5 Å². The minimum absolute atomic E-state index is 0.0135. The molecule has 3 rings (SSSR count). The van der Waals surface area contributed by atoms with Crippen LogP contribution in [0.1, 0.15) is 24.8 Å². The summed E-state index contributed by atoms with van der Waals surface area (Å²) in [6.07, 6.45) is 0.345. The van der Waals surface area contributed by atoms with Crippen LogP contribution in [0, 0.1) is 19.7 Å². The average molecular weight is 474 g/mol. The van der Waals surface area contributed by atoms with Crippen molar-refractivity contribution in [1.82, 2.24) is 14.4 Å². The molecule has 1 aromatic heterocycles. The Balaban J connectivity index is 1.76. The molecule has 9 nitrogen and oxygen atoms in total. The highest BCUT2D eigenvalue weighted by atomic mass is 32.2. The fourth-order valence-corrected chi connectivity index (χ4v) is 6.64. The number of sulfone groups is 1. The molecule has 0 bridgehead atoms. The average Bonchev–Trinajstić information content (AvgIpc) is 2.92. The Hall–Kier alpha value is -2.31. The van der Waals surface area contributed by atoms with Gasteiger partial charge in [0.25, 0.3) is 0 Å². The summed E-state index contributed by atoms with van der Waals surface area (Å²) in [6.45, 7) is 4.79. The summed E-state index contributed by atoms with van der Waals surface area (Å²) >= 11 is 0. The fourth-order valence-electron chi connectivity index (χ4n) is 3.54. The van der Waals surface area contributed by atoms with Gasteiger partial charge in [0.15, 0.2) is 15.6 Å². The highest BCUT2D eigenvalue weighted by molar-refractivity contribution is 7.92. The fraction of sp³-hybridized carbons (Fsp3) is 0.474. The van der Waals surface area contributed by atoms with Gasteiger partial charge in [-0.25, -0.2) is 21.2 Å². The number of halogens is 1. The molecule has 0 radical (unpaired) electrons. The van der Waals surface area contributed by atoms with E-state index in [-0.39, 0.29) is 47.4 Å². The minimum atomic E-state index is -4.02. The summed E-state index contributed by atoms with van der Waals surface area (Å²) < 4.78 is 70.9. The van der Waals surface area contributed by atoms with Crippen molar-refractivity contribution >= 4 is 25.8 Å². The van der Waals surface area contributed by atoms with E-state index in [0.717, 1.165) is 24.3 Å². The van der Waals surface area contributed by atoms with Crippen LogP contribution >= 0.6 is 0 Å². The van der Waals surface area contributed by atoms with Gasteiger partial charge in [0.05, 0.1) is 4.90 Å². The van der Waals surface area contributed by atoms with Gasteiger partial charge in [0.2, 0.25) is 15.9 Å². The van der Waals surface area contributed by atoms with E-state index in [2.05, 4.69) is 5.16 Å². The zero-order chi connectivity index (χ0) is 23.0. The quantitative estimate of drug-likeness (QED) is 0.604. The van der Waals surface area contributed by atoms with Crippen molar-refractivity contribution in [2.75, 3.05) is 26.2 Å². The Morgan fingerprint density at radius 1 is 1.06 bits per heavy atom. The van der Waals surface area contributed by atoms with Crippen LogP contribution in [-0.4, -0.2) is 68.5 Å². The first-order chi connectivity index (χ1) is 14.5. The topological polar surface area (TPSA) is 118 Å². The van der Waals surface area contributed by atoms with Crippen molar-refractivity contribution in [3.63, 3.8) is 0 Å². The van der Waals surface area contributed by atoms with Crippen LogP contribution < -0.4 is 0 Å². The number of rotatable bonds is 5. The third kappa shape index (κ3) is 4.51. The first-order valence-electron chi connectivity index (χ1n) is 9.67. The molecule has 0 N–H and O–H groups in total. The molecule has 12 heteroatoms. The van der Waals surface area contributed by atoms with E-state index in [4.69, 9.17) is 4.52 Å². The van der Waals surface area contributed by atoms with Crippen LogP contribution in [0.15, 0.2) is 38.6 Å². The summed E-state index contributed by atoms with van der Waals surface area (Å²) in [4.78, 5) is 14.1. The minimum Gasteiger partial charge on any atom is -0.360 e. The van der Waals surface area contributed by atoms with Gasteiger partial charge >= 0.3 is 0 Å².